The highest BCUT2D eigenvalue weighted by molar-refractivity contribution is 6.07. The summed E-state index contributed by atoms with van der Waals surface area (Å²) in [6.45, 7) is 0. The van der Waals surface area contributed by atoms with Gasteiger partial charge in [-0.15, -0.1) is 0 Å². The van der Waals surface area contributed by atoms with Crippen molar-refractivity contribution in [2.75, 3.05) is 0 Å². The maximum absolute atomic E-state index is 12.0. The van der Waals surface area contributed by atoms with Crippen LogP contribution in [0.3, 0.4) is 0 Å². The van der Waals surface area contributed by atoms with Gasteiger partial charge in [0.2, 0.25) is 0 Å². The molecule has 94 valence electrons. The Morgan fingerprint density at radius 3 is 1.94 bits per heavy atom. The lowest BCUT2D eigenvalue weighted by atomic mass is 9.60. The smallest absolute Gasteiger partial charge is 0.159 e. The van der Waals surface area contributed by atoms with Crippen LogP contribution >= 0.6 is 0 Å². The van der Waals surface area contributed by atoms with Crippen LogP contribution in [0.15, 0.2) is 12.2 Å². The van der Waals surface area contributed by atoms with Crippen molar-refractivity contribution in [1.29, 1.82) is 0 Å². The van der Waals surface area contributed by atoms with Crippen molar-refractivity contribution < 1.29 is 14.3 Å². The number of ketones is 2. The summed E-state index contributed by atoms with van der Waals surface area (Å²) in [7, 11) is 0. The van der Waals surface area contributed by atoms with E-state index in [9.17, 15) is 9.59 Å². The van der Waals surface area contributed by atoms with Gasteiger partial charge in [-0.2, -0.15) is 0 Å². The Hall–Kier alpha value is -0.960. The van der Waals surface area contributed by atoms with E-state index in [2.05, 4.69) is 0 Å². The Labute approximate surface area is 106 Å². The Balaban J connectivity index is 1.60. The molecule has 0 unspecified atom stereocenters. The maximum Gasteiger partial charge on any atom is 0.159 e. The number of ether oxygens (including phenoxy) is 1. The second-order valence-corrected chi connectivity index (χ2v) is 6.85. The van der Waals surface area contributed by atoms with Crippen LogP contribution in [0, 0.1) is 23.7 Å². The van der Waals surface area contributed by atoms with Crippen molar-refractivity contribution in [1.82, 2.24) is 0 Å². The molecule has 2 bridgehead atoms. The van der Waals surface area contributed by atoms with E-state index in [4.69, 9.17) is 4.74 Å². The summed E-state index contributed by atoms with van der Waals surface area (Å²) >= 11 is 0. The monoisotopic (exact) mass is 244 g/mol. The average Bonchev–Trinajstić information content (AvgIpc) is 2.73. The zero-order chi connectivity index (χ0) is 12.1. The SMILES string of the molecule is O=C1C=CC(=O)[C@@H]2C[C@]34O[C@@]3(C[C@H]12)[C@@H]1CC[C@H]4C1. The fraction of sp³-hybridized carbons (Fsp3) is 0.733. The molecule has 1 saturated heterocycles. The van der Waals surface area contributed by atoms with E-state index in [1.807, 2.05) is 0 Å². The summed E-state index contributed by atoms with van der Waals surface area (Å²) < 4.78 is 6.23. The van der Waals surface area contributed by atoms with Crippen molar-refractivity contribution in [2.45, 2.75) is 43.3 Å². The number of hydrogen-bond donors (Lipinski definition) is 0. The van der Waals surface area contributed by atoms with Crippen molar-refractivity contribution in [2.24, 2.45) is 23.7 Å². The first-order chi connectivity index (χ1) is 8.66. The second kappa shape index (κ2) is 2.64. The number of rotatable bonds is 0. The van der Waals surface area contributed by atoms with Gasteiger partial charge in [-0.05, 0) is 56.1 Å². The molecule has 0 aromatic rings. The molecule has 3 nitrogen and oxygen atoms in total. The molecule has 1 aliphatic heterocycles. The van der Waals surface area contributed by atoms with E-state index in [0.29, 0.717) is 11.8 Å². The molecule has 0 radical (unpaired) electrons. The van der Waals surface area contributed by atoms with Gasteiger partial charge >= 0.3 is 0 Å². The molecule has 4 aliphatic carbocycles. The van der Waals surface area contributed by atoms with Crippen LogP contribution in [-0.4, -0.2) is 22.8 Å². The summed E-state index contributed by atoms with van der Waals surface area (Å²) in [5, 5.41) is 0. The maximum atomic E-state index is 12.0. The molecular weight excluding hydrogens is 228 g/mol. The van der Waals surface area contributed by atoms with E-state index in [-0.39, 0.29) is 34.6 Å². The standard InChI is InChI=1S/C15H16O3/c16-12-3-4-13(17)11-7-15-9-2-1-8(5-9)14(15,18-15)6-10(11)12/h3-4,8-11H,1-2,5-7H2/t8-,9+,10+,11-,14+,15-. The highest BCUT2D eigenvalue weighted by Gasteiger charge is 2.84. The van der Waals surface area contributed by atoms with E-state index < -0.39 is 0 Å². The number of fused-ring (bicyclic) bond motifs is 3. The molecule has 1 heterocycles. The highest BCUT2D eigenvalue weighted by atomic mass is 16.6. The van der Waals surface area contributed by atoms with Gasteiger partial charge in [-0.3, -0.25) is 9.59 Å². The number of hydrogen-bond acceptors (Lipinski definition) is 3. The van der Waals surface area contributed by atoms with Gasteiger partial charge in [-0.1, -0.05) is 0 Å². The van der Waals surface area contributed by atoms with Crippen molar-refractivity contribution in [3.05, 3.63) is 12.2 Å². The first kappa shape index (κ1) is 9.90. The zero-order valence-corrected chi connectivity index (χ0v) is 10.2. The minimum absolute atomic E-state index is 0.00178. The minimum atomic E-state index is -0.0857. The summed E-state index contributed by atoms with van der Waals surface area (Å²) in [5.41, 5.74) is -0.00356. The number of epoxide rings is 1. The fourth-order valence-electron chi connectivity index (χ4n) is 5.70. The van der Waals surface area contributed by atoms with Crippen molar-refractivity contribution >= 4 is 11.6 Å². The summed E-state index contributed by atoms with van der Waals surface area (Å²) in [6.07, 6.45) is 8.41. The lowest BCUT2D eigenvalue weighted by molar-refractivity contribution is -0.131. The van der Waals surface area contributed by atoms with Gasteiger partial charge in [-0.25, -0.2) is 0 Å². The molecular formula is C15H16O3. The van der Waals surface area contributed by atoms with Gasteiger partial charge < -0.3 is 4.74 Å². The van der Waals surface area contributed by atoms with Gasteiger partial charge in [0.05, 0.1) is 0 Å². The molecule has 6 atom stereocenters. The quantitative estimate of drug-likeness (QED) is 0.609. The predicted octanol–water partition coefficient (Wildman–Crippen LogP) is 1.66. The first-order valence-electron chi connectivity index (χ1n) is 7.12. The molecule has 0 N–H and O–H groups in total. The third-order valence-corrected chi connectivity index (χ3v) is 6.47. The molecule has 0 amide bonds. The molecule has 4 fully saturated rings. The van der Waals surface area contributed by atoms with Crippen LogP contribution in [0.1, 0.15) is 32.1 Å². The predicted molar refractivity (Wildman–Crippen MR) is 62.7 cm³/mol. The fourth-order valence-corrected chi connectivity index (χ4v) is 5.70. The lowest BCUT2D eigenvalue weighted by Gasteiger charge is -2.38. The summed E-state index contributed by atoms with van der Waals surface area (Å²) in [5.74, 6) is 1.46. The largest absolute Gasteiger partial charge is 0.362 e. The molecule has 5 aliphatic rings. The number of allylic oxidation sites excluding steroid dienone is 2. The molecule has 3 heteroatoms. The Morgan fingerprint density at radius 1 is 0.944 bits per heavy atom. The Bertz CT molecular complexity index is 478. The second-order valence-electron chi connectivity index (χ2n) is 6.85. The minimum Gasteiger partial charge on any atom is -0.362 e. The Morgan fingerprint density at radius 2 is 1.44 bits per heavy atom. The molecule has 18 heavy (non-hydrogen) atoms. The lowest BCUT2D eigenvalue weighted by Crippen LogP contribution is -2.48. The normalized spacial score (nSPS) is 59.3. The summed E-state index contributed by atoms with van der Waals surface area (Å²) in [4.78, 5) is 24.1. The van der Waals surface area contributed by atoms with Crippen molar-refractivity contribution in [3.8, 4) is 0 Å². The molecule has 0 spiro atoms. The molecule has 0 aromatic carbocycles. The summed E-state index contributed by atoms with van der Waals surface area (Å²) in [6, 6.07) is 0. The third kappa shape index (κ3) is 0.822. The van der Waals surface area contributed by atoms with Crippen LogP contribution in [-0.2, 0) is 14.3 Å². The van der Waals surface area contributed by atoms with Crippen LogP contribution in [0.2, 0.25) is 0 Å². The van der Waals surface area contributed by atoms with Crippen LogP contribution in [0.4, 0.5) is 0 Å². The van der Waals surface area contributed by atoms with Crippen molar-refractivity contribution in [3.63, 3.8) is 0 Å². The van der Waals surface area contributed by atoms with Gasteiger partial charge in [0.25, 0.3) is 0 Å². The molecule has 5 rings (SSSR count). The van der Waals surface area contributed by atoms with Crippen LogP contribution in [0.5, 0.6) is 0 Å². The zero-order valence-electron chi connectivity index (χ0n) is 10.2. The number of carbonyl (C=O) groups is 2. The topological polar surface area (TPSA) is 46.7 Å². The number of carbonyl (C=O) groups excluding carboxylic acids is 2. The third-order valence-electron chi connectivity index (χ3n) is 6.47. The van der Waals surface area contributed by atoms with E-state index in [1.54, 1.807) is 0 Å². The van der Waals surface area contributed by atoms with Crippen LogP contribution < -0.4 is 0 Å². The van der Waals surface area contributed by atoms with Gasteiger partial charge in [0.1, 0.15) is 11.2 Å². The van der Waals surface area contributed by atoms with E-state index >= 15 is 0 Å². The van der Waals surface area contributed by atoms with Gasteiger partial charge in [0, 0.05) is 11.8 Å². The van der Waals surface area contributed by atoms with Crippen LogP contribution in [0.25, 0.3) is 0 Å². The van der Waals surface area contributed by atoms with E-state index in [0.717, 1.165) is 12.8 Å². The first-order valence-corrected chi connectivity index (χ1v) is 7.12. The highest BCUT2D eigenvalue weighted by Crippen LogP contribution is 2.77. The van der Waals surface area contributed by atoms with E-state index in [1.165, 1.54) is 31.4 Å². The molecule has 3 saturated carbocycles. The Kier molecular flexibility index (Phi) is 1.46. The van der Waals surface area contributed by atoms with Gasteiger partial charge in [0.15, 0.2) is 11.6 Å². The molecule has 0 aromatic heterocycles. The average molecular weight is 244 g/mol.